The molecule has 5 nitrogen and oxygen atoms in total. The van der Waals surface area contributed by atoms with Crippen molar-refractivity contribution < 1.29 is 14.3 Å². The van der Waals surface area contributed by atoms with Gasteiger partial charge >= 0.3 is 0 Å². The van der Waals surface area contributed by atoms with Crippen LogP contribution in [0.2, 0.25) is 0 Å². The van der Waals surface area contributed by atoms with Crippen LogP contribution in [0.5, 0.6) is 0 Å². The van der Waals surface area contributed by atoms with E-state index < -0.39 is 11.7 Å². The lowest BCUT2D eigenvalue weighted by atomic mass is 9.88. The molecule has 1 amide bonds. The Morgan fingerprint density at radius 2 is 2.17 bits per heavy atom. The van der Waals surface area contributed by atoms with Crippen molar-refractivity contribution in [3.05, 3.63) is 48.0 Å². The number of aliphatic hydroxyl groups excluding tert-OH is 1. The van der Waals surface area contributed by atoms with Gasteiger partial charge < -0.3 is 10.4 Å². The smallest absolute Gasteiger partial charge is 0.251 e. The van der Waals surface area contributed by atoms with Crippen LogP contribution in [0, 0.1) is 11.2 Å². The second kappa shape index (κ2) is 6.91. The molecule has 0 bridgehead atoms. The summed E-state index contributed by atoms with van der Waals surface area (Å²) in [6.07, 6.45) is 3.81. The molecular formula is C17H22FN3O2. The largest absolute Gasteiger partial charge is 0.394 e. The first kappa shape index (κ1) is 17.1. The third kappa shape index (κ3) is 4.63. The fourth-order valence-corrected chi connectivity index (χ4v) is 2.41. The predicted octanol–water partition coefficient (Wildman–Crippen LogP) is 2.54. The second-order valence-electron chi connectivity index (χ2n) is 6.73. The van der Waals surface area contributed by atoms with Gasteiger partial charge in [0.05, 0.1) is 12.6 Å². The van der Waals surface area contributed by atoms with Crippen LogP contribution >= 0.6 is 0 Å². The van der Waals surface area contributed by atoms with Crippen LogP contribution in [-0.2, 0) is 0 Å². The molecule has 1 aromatic carbocycles. The van der Waals surface area contributed by atoms with E-state index in [1.165, 1.54) is 16.8 Å². The Hall–Kier alpha value is -2.21. The summed E-state index contributed by atoms with van der Waals surface area (Å²) in [5, 5.41) is 16.1. The second-order valence-corrected chi connectivity index (χ2v) is 6.73. The molecule has 0 aliphatic rings. The Morgan fingerprint density at radius 3 is 2.70 bits per heavy atom. The van der Waals surface area contributed by atoms with Gasteiger partial charge in [0.25, 0.3) is 5.91 Å². The Morgan fingerprint density at radius 1 is 1.43 bits per heavy atom. The van der Waals surface area contributed by atoms with Gasteiger partial charge in [-0.05, 0) is 36.1 Å². The van der Waals surface area contributed by atoms with E-state index in [-0.39, 0.29) is 29.3 Å². The van der Waals surface area contributed by atoms with Crippen LogP contribution in [0.3, 0.4) is 0 Å². The zero-order chi connectivity index (χ0) is 17.0. The van der Waals surface area contributed by atoms with Crippen LogP contribution in [0.25, 0.3) is 5.69 Å². The number of aromatic nitrogens is 2. The molecular weight excluding hydrogens is 297 g/mol. The number of amides is 1. The average molecular weight is 319 g/mol. The van der Waals surface area contributed by atoms with Crippen molar-refractivity contribution in [3.63, 3.8) is 0 Å². The zero-order valence-electron chi connectivity index (χ0n) is 13.6. The molecule has 6 heteroatoms. The van der Waals surface area contributed by atoms with Gasteiger partial charge in [-0.25, -0.2) is 9.07 Å². The molecule has 2 N–H and O–H groups in total. The maximum absolute atomic E-state index is 14.2. The molecule has 0 aliphatic carbocycles. The first-order valence-electron chi connectivity index (χ1n) is 7.51. The summed E-state index contributed by atoms with van der Waals surface area (Å²) < 4.78 is 15.6. The number of carbonyl (C=O) groups excluding carboxylic acids is 1. The highest BCUT2D eigenvalue weighted by molar-refractivity contribution is 5.94. The van der Waals surface area contributed by atoms with Crippen molar-refractivity contribution in [2.24, 2.45) is 5.41 Å². The number of hydrogen-bond acceptors (Lipinski definition) is 3. The van der Waals surface area contributed by atoms with Crippen LogP contribution in [0.15, 0.2) is 36.7 Å². The Bertz CT molecular complexity index is 663. The van der Waals surface area contributed by atoms with Crippen molar-refractivity contribution in [1.82, 2.24) is 15.1 Å². The van der Waals surface area contributed by atoms with Gasteiger partial charge in [-0.1, -0.05) is 20.8 Å². The summed E-state index contributed by atoms with van der Waals surface area (Å²) in [5.41, 5.74) is 0.460. The van der Waals surface area contributed by atoms with E-state index in [0.717, 1.165) is 0 Å². The van der Waals surface area contributed by atoms with Gasteiger partial charge in [-0.3, -0.25) is 4.79 Å². The molecule has 0 spiro atoms. The Kier molecular flexibility index (Phi) is 5.15. The summed E-state index contributed by atoms with van der Waals surface area (Å²) >= 11 is 0. The molecule has 23 heavy (non-hydrogen) atoms. The number of rotatable bonds is 5. The highest BCUT2D eigenvalue weighted by Crippen LogP contribution is 2.21. The van der Waals surface area contributed by atoms with Gasteiger partial charge in [0, 0.05) is 18.0 Å². The molecule has 0 saturated carbocycles. The van der Waals surface area contributed by atoms with Crippen LogP contribution in [0.1, 0.15) is 37.6 Å². The van der Waals surface area contributed by atoms with E-state index >= 15 is 0 Å². The van der Waals surface area contributed by atoms with Crippen LogP contribution in [-0.4, -0.2) is 33.4 Å². The number of carbonyl (C=O) groups is 1. The lowest BCUT2D eigenvalue weighted by Crippen LogP contribution is -2.40. The maximum atomic E-state index is 14.2. The number of halogens is 1. The Balaban J connectivity index is 2.12. The quantitative estimate of drug-likeness (QED) is 0.890. The van der Waals surface area contributed by atoms with Crippen molar-refractivity contribution in [1.29, 1.82) is 0 Å². The Labute approximate surface area is 135 Å². The predicted molar refractivity (Wildman–Crippen MR) is 85.9 cm³/mol. The van der Waals surface area contributed by atoms with E-state index in [0.29, 0.717) is 6.42 Å². The molecule has 0 saturated heterocycles. The zero-order valence-corrected chi connectivity index (χ0v) is 13.6. The van der Waals surface area contributed by atoms with Crippen LogP contribution < -0.4 is 5.32 Å². The summed E-state index contributed by atoms with van der Waals surface area (Å²) in [7, 11) is 0. The minimum Gasteiger partial charge on any atom is -0.394 e. The monoisotopic (exact) mass is 319 g/mol. The lowest BCUT2D eigenvalue weighted by Gasteiger charge is -2.25. The fourth-order valence-electron chi connectivity index (χ4n) is 2.41. The number of hydrogen-bond donors (Lipinski definition) is 2. The highest BCUT2D eigenvalue weighted by atomic mass is 19.1. The van der Waals surface area contributed by atoms with Gasteiger partial charge in [-0.2, -0.15) is 5.10 Å². The van der Waals surface area contributed by atoms with Gasteiger partial charge in [-0.15, -0.1) is 0 Å². The van der Waals surface area contributed by atoms with Gasteiger partial charge in [0.15, 0.2) is 0 Å². The first-order chi connectivity index (χ1) is 10.8. The standard InChI is InChI=1S/C17H22FN3O2/c1-17(2,3)10-13(11-22)20-16(23)12-5-6-15(14(18)9-12)21-8-4-7-19-21/h4-9,13,22H,10-11H2,1-3H3,(H,20,23). The molecule has 1 aromatic heterocycles. The highest BCUT2D eigenvalue weighted by Gasteiger charge is 2.21. The van der Waals surface area contributed by atoms with Crippen molar-refractivity contribution in [2.45, 2.75) is 33.2 Å². The van der Waals surface area contributed by atoms with E-state index in [9.17, 15) is 14.3 Å². The summed E-state index contributed by atoms with van der Waals surface area (Å²) in [4.78, 5) is 12.2. The minimum atomic E-state index is -0.530. The number of aliphatic hydroxyl groups is 1. The van der Waals surface area contributed by atoms with Crippen molar-refractivity contribution in [3.8, 4) is 5.69 Å². The molecule has 1 unspecified atom stereocenters. The van der Waals surface area contributed by atoms with Crippen LogP contribution in [0.4, 0.5) is 4.39 Å². The van der Waals surface area contributed by atoms with Gasteiger partial charge in [0.2, 0.25) is 0 Å². The fraction of sp³-hybridized carbons (Fsp3) is 0.412. The first-order valence-corrected chi connectivity index (χ1v) is 7.51. The third-order valence-corrected chi connectivity index (χ3v) is 3.38. The maximum Gasteiger partial charge on any atom is 0.251 e. The third-order valence-electron chi connectivity index (χ3n) is 3.38. The number of nitrogens with one attached hydrogen (secondary N) is 1. The minimum absolute atomic E-state index is 0.0319. The van der Waals surface area contributed by atoms with Gasteiger partial charge in [0.1, 0.15) is 11.5 Å². The van der Waals surface area contributed by atoms with E-state index in [1.54, 1.807) is 24.5 Å². The molecule has 0 aliphatic heterocycles. The van der Waals surface area contributed by atoms with Crippen molar-refractivity contribution in [2.75, 3.05) is 6.61 Å². The number of nitrogens with zero attached hydrogens (tertiary/aromatic N) is 2. The topological polar surface area (TPSA) is 67.2 Å². The number of benzene rings is 1. The van der Waals surface area contributed by atoms with E-state index in [2.05, 4.69) is 10.4 Å². The molecule has 124 valence electrons. The molecule has 0 fully saturated rings. The molecule has 1 heterocycles. The SMILES string of the molecule is CC(C)(C)CC(CO)NC(=O)c1ccc(-n2cccn2)c(F)c1. The molecule has 0 radical (unpaired) electrons. The average Bonchev–Trinajstić information content (AvgIpc) is 2.98. The van der Waals surface area contributed by atoms with E-state index in [1.807, 2.05) is 20.8 Å². The summed E-state index contributed by atoms with van der Waals surface area (Å²) in [6.45, 7) is 5.93. The normalized spacial score (nSPS) is 12.9. The van der Waals surface area contributed by atoms with E-state index in [4.69, 9.17) is 0 Å². The lowest BCUT2D eigenvalue weighted by molar-refractivity contribution is 0.0897. The molecule has 1 atom stereocenters. The summed E-state index contributed by atoms with van der Waals surface area (Å²) in [5.74, 6) is -0.933. The molecule has 2 aromatic rings. The van der Waals surface area contributed by atoms with Crippen molar-refractivity contribution >= 4 is 5.91 Å². The summed E-state index contributed by atoms with van der Waals surface area (Å²) in [6, 6.07) is 5.56. The molecule has 2 rings (SSSR count).